The van der Waals surface area contributed by atoms with E-state index in [0.717, 1.165) is 29.7 Å². The lowest BCUT2D eigenvalue weighted by atomic mass is 9.95. The van der Waals surface area contributed by atoms with Crippen LogP contribution in [0.1, 0.15) is 11.6 Å². The fourth-order valence-corrected chi connectivity index (χ4v) is 3.13. The summed E-state index contributed by atoms with van der Waals surface area (Å²) in [4.78, 5) is 4.40. The van der Waals surface area contributed by atoms with Gasteiger partial charge in [0.15, 0.2) is 0 Å². The number of nitrogens with zero attached hydrogens (tertiary/aromatic N) is 2. The van der Waals surface area contributed by atoms with E-state index in [9.17, 15) is 4.39 Å². The average Bonchev–Trinajstić information content (AvgIpc) is 2.36. The van der Waals surface area contributed by atoms with Gasteiger partial charge in [-0.15, -0.1) is 0 Å². The zero-order valence-corrected chi connectivity index (χ0v) is 13.2. The van der Waals surface area contributed by atoms with Crippen LogP contribution >= 0.6 is 15.9 Å². The van der Waals surface area contributed by atoms with Crippen molar-refractivity contribution in [1.29, 1.82) is 0 Å². The summed E-state index contributed by atoms with van der Waals surface area (Å²) in [6.07, 6.45) is 0. The van der Waals surface area contributed by atoms with Crippen molar-refractivity contribution in [3.05, 3.63) is 34.1 Å². The lowest BCUT2D eigenvalue weighted by Gasteiger charge is -2.41. The van der Waals surface area contributed by atoms with Crippen molar-refractivity contribution in [1.82, 2.24) is 15.1 Å². The number of piperazine rings is 1. The summed E-state index contributed by atoms with van der Waals surface area (Å²) in [6, 6.07) is 5.48. The highest BCUT2D eigenvalue weighted by Gasteiger charge is 2.32. The van der Waals surface area contributed by atoms with Crippen molar-refractivity contribution in [2.24, 2.45) is 0 Å². The Morgan fingerprint density at radius 2 is 2.21 bits per heavy atom. The van der Waals surface area contributed by atoms with Crippen LogP contribution in [0.25, 0.3) is 0 Å². The van der Waals surface area contributed by atoms with Crippen molar-refractivity contribution in [2.75, 3.05) is 40.8 Å². The predicted octanol–water partition coefficient (Wildman–Crippen LogP) is 2.09. The van der Waals surface area contributed by atoms with Gasteiger partial charge in [0.1, 0.15) is 5.82 Å². The SMILES string of the molecule is CN(C)C(c1cc(Br)ccc1F)C1CNCCN1C. The number of hydrogen-bond donors (Lipinski definition) is 1. The summed E-state index contributed by atoms with van der Waals surface area (Å²) in [5.41, 5.74) is 0.750. The van der Waals surface area contributed by atoms with Crippen molar-refractivity contribution >= 4 is 15.9 Å². The number of likely N-dealkylation sites (N-methyl/N-ethyl adjacent to an activating group) is 2. The number of halogens is 2. The smallest absolute Gasteiger partial charge is 0.128 e. The van der Waals surface area contributed by atoms with Gasteiger partial charge in [-0.1, -0.05) is 15.9 Å². The summed E-state index contributed by atoms with van der Waals surface area (Å²) >= 11 is 3.44. The quantitative estimate of drug-likeness (QED) is 0.916. The maximum Gasteiger partial charge on any atom is 0.128 e. The van der Waals surface area contributed by atoms with E-state index in [0.29, 0.717) is 0 Å². The second-order valence-corrected chi connectivity index (χ2v) is 6.24. The molecule has 0 amide bonds. The molecule has 2 rings (SSSR count). The summed E-state index contributed by atoms with van der Waals surface area (Å²) in [7, 11) is 6.12. The molecule has 1 saturated heterocycles. The van der Waals surface area contributed by atoms with Crippen LogP contribution in [0.2, 0.25) is 0 Å². The monoisotopic (exact) mass is 329 g/mol. The van der Waals surface area contributed by atoms with Gasteiger partial charge in [0, 0.05) is 35.7 Å². The molecule has 0 bridgehead atoms. The van der Waals surface area contributed by atoms with Crippen LogP contribution in [-0.2, 0) is 0 Å². The number of benzene rings is 1. The first-order valence-corrected chi connectivity index (χ1v) is 7.32. The molecule has 1 aliphatic rings. The van der Waals surface area contributed by atoms with Gasteiger partial charge in [0.05, 0.1) is 6.04 Å². The molecule has 19 heavy (non-hydrogen) atoms. The third kappa shape index (κ3) is 3.34. The van der Waals surface area contributed by atoms with Crippen molar-refractivity contribution in [2.45, 2.75) is 12.1 Å². The fourth-order valence-electron chi connectivity index (χ4n) is 2.75. The van der Waals surface area contributed by atoms with E-state index < -0.39 is 0 Å². The van der Waals surface area contributed by atoms with Gasteiger partial charge in [-0.2, -0.15) is 0 Å². The first-order chi connectivity index (χ1) is 9.00. The topological polar surface area (TPSA) is 18.5 Å². The molecule has 2 unspecified atom stereocenters. The molecular weight excluding hydrogens is 309 g/mol. The zero-order valence-electron chi connectivity index (χ0n) is 11.7. The standard InChI is InChI=1S/C14H21BrFN3/c1-18(2)14(13-9-17-6-7-19(13)3)11-8-10(15)4-5-12(11)16/h4-5,8,13-14,17H,6-7,9H2,1-3H3. The minimum absolute atomic E-state index is 0.0373. The molecule has 5 heteroatoms. The highest BCUT2D eigenvalue weighted by molar-refractivity contribution is 9.10. The molecule has 1 aromatic carbocycles. The molecule has 0 aliphatic carbocycles. The van der Waals surface area contributed by atoms with E-state index in [-0.39, 0.29) is 17.9 Å². The van der Waals surface area contributed by atoms with Crippen LogP contribution < -0.4 is 5.32 Å². The van der Waals surface area contributed by atoms with E-state index >= 15 is 0 Å². The largest absolute Gasteiger partial charge is 0.314 e. The van der Waals surface area contributed by atoms with E-state index in [4.69, 9.17) is 0 Å². The Kier molecular flexibility index (Phi) is 4.95. The fraction of sp³-hybridized carbons (Fsp3) is 0.571. The summed E-state index contributed by atoms with van der Waals surface area (Å²) < 4.78 is 15.1. The van der Waals surface area contributed by atoms with Crippen LogP contribution in [0.3, 0.4) is 0 Å². The summed E-state index contributed by atoms with van der Waals surface area (Å²) in [5.74, 6) is -0.138. The van der Waals surface area contributed by atoms with Gasteiger partial charge in [0.2, 0.25) is 0 Å². The average molecular weight is 330 g/mol. The second kappa shape index (κ2) is 6.31. The lowest BCUT2D eigenvalue weighted by molar-refractivity contribution is 0.105. The lowest BCUT2D eigenvalue weighted by Crippen LogP contribution is -2.54. The molecule has 0 saturated carbocycles. The molecule has 1 fully saturated rings. The molecule has 1 aliphatic heterocycles. The van der Waals surface area contributed by atoms with Gasteiger partial charge in [-0.3, -0.25) is 4.90 Å². The van der Waals surface area contributed by atoms with Gasteiger partial charge in [0.25, 0.3) is 0 Å². The third-order valence-corrected chi connectivity index (χ3v) is 4.25. The molecule has 106 valence electrons. The third-order valence-electron chi connectivity index (χ3n) is 3.76. The van der Waals surface area contributed by atoms with Crippen molar-refractivity contribution in [3.63, 3.8) is 0 Å². The van der Waals surface area contributed by atoms with Crippen LogP contribution in [0.4, 0.5) is 4.39 Å². The number of hydrogen-bond acceptors (Lipinski definition) is 3. The van der Waals surface area contributed by atoms with E-state index in [1.165, 1.54) is 6.07 Å². The summed E-state index contributed by atoms with van der Waals surface area (Å²) in [6.45, 7) is 2.87. The molecule has 3 nitrogen and oxygen atoms in total. The molecule has 1 N–H and O–H groups in total. The maximum atomic E-state index is 14.2. The van der Waals surface area contributed by atoms with Crippen LogP contribution in [0.5, 0.6) is 0 Å². The molecule has 0 aromatic heterocycles. The Bertz CT molecular complexity index is 439. The molecule has 1 aromatic rings. The Morgan fingerprint density at radius 1 is 1.47 bits per heavy atom. The van der Waals surface area contributed by atoms with Crippen molar-refractivity contribution < 1.29 is 4.39 Å². The van der Waals surface area contributed by atoms with Gasteiger partial charge in [-0.05, 0) is 39.3 Å². The van der Waals surface area contributed by atoms with E-state index in [2.05, 4.69) is 38.1 Å². The zero-order chi connectivity index (χ0) is 14.0. The molecule has 2 atom stereocenters. The Balaban J connectivity index is 2.36. The Hall–Kier alpha value is -0.490. The molecular formula is C14H21BrFN3. The van der Waals surface area contributed by atoms with Crippen molar-refractivity contribution in [3.8, 4) is 0 Å². The first kappa shape index (κ1) is 14.9. The maximum absolute atomic E-state index is 14.2. The van der Waals surface area contributed by atoms with Crippen LogP contribution in [0, 0.1) is 5.82 Å². The molecule has 0 spiro atoms. The number of nitrogens with one attached hydrogen (secondary N) is 1. The minimum atomic E-state index is -0.138. The van der Waals surface area contributed by atoms with Crippen LogP contribution in [0.15, 0.2) is 22.7 Å². The second-order valence-electron chi connectivity index (χ2n) is 5.33. The van der Waals surface area contributed by atoms with E-state index in [1.807, 2.05) is 20.2 Å². The van der Waals surface area contributed by atoms with Crippen LogP contribution in [-0.4, -0.2) is 56.6 Å². The Morgan fingerprint density at radius 3 is 2.84 bits per heavy atom. The van der Waals surface area contributed by atoms with Gasteiger partial charge >= 0.3 is 0 Å². The highest BCUT2D eigenvalue weighted by atomic mass is 79.9. The number of rotatable bonds is 3. The summed E-state index contributed by atoms with van der Waals surface area (Å²) in [5, 5.41) is 3.40. The Labute approximate surface area is 122 Å². The normalized spacial score (nSPS) is 22.7. The molecule has 0 radical (unpaired) electrons. The van der Waals surface area contributed by atoms with Gasteiger partial charge < -0.3 is 10.2 Å². The van der Waals surface area contributed by atoms with E-state index in [1.54, 1.807) is 6.07 Å². The predicted molar refractivity (Wildman–Crippen MR) is 79.8 cm³/mol. The minimum Gasteiger partial charge on any atom is -0.314 e. The molecule has 1 heterocycles. The van der Waals surface area contributed by atoms with Gasteiger partial charge in [-0.25, -0.2) is 4.39 Å². The highest BCUT2D eigenvalue weighted by Crippen LogP contribution is 2.30. The first-order valence-electron chi connectivity index (χ1n) is 6.53.